The lowest BCUT2D eigenvalue weighted by Crippen LogP contribution is -2.48. The van der Waals surface area contributed by atoms with Crippen LogP contribution in [0.15, 0.2) is 121 Å². The van der Waals surface area contributed by atoms with E-state index in [1.165, 1.54) is 133 Å². The Labute approximate surface area is 877 Å². The molecule has 8 aliphatic heterocycles. The number of carboxylic acid groups (broad SMARTS) is 2. The number of nitrogens with zero attached hydrogens (tertiary/aromatic N) is 4. The van der Waals surface area contributed by atoms with Gasteiger partial charge < -0.3 is 114 Å². The Morgan fingerprint density at radius 3 is 0.815 bits per heavy atom. The number of ketones is 1. The Kier molecular flexibility index (Phi) is 55.3. The molecule has 0 spiro atoms. The van der Waals surface area contributed by atoms with Gasteiger partial charge in [-0.1, -0.05) is 184 Å². The minimum absolute atomic E-state index is 0. The number of carbonyl (C=O) groups excluding carboxylic acids is 7. The zero-order valence-corrected chi connectivity index (χ0v) is 88.8. The van der Waals surface area contributed by atoms with E-state index >= 15 is 0 Å². The monoisotopic (exact) mass is 2070 g/mol. The highest BCUT2D eigenvalue weighted by molar-refractivity contribution is 7.59. The number of esters is 2. The number of Topliss-reactive ketones (excluding diaryl/α,β-unsaturated/α-hetero) is 1. The summed E-state index contributed by atoms with van der Waals surface area (Å²) in [6.07, 6.45) is 26.9. The van der Waals surface area contributed by atoms with Crippen molar-refractivity contribution in [3.8, 4) is 46.0 Å². The van der Waals surface area contributed by atoms with Gasteiger partial charge in [0.15, 0.2) is 51.8 Å². The molecule has 8 heterocycles. The van der Waals surface area contributed by atoms with Gasteiger partial charge in [-0.15, -0.1) is 0 Å². The molecule has 34 heteroatoms. The van der Waals surface area contributed by atoms with Crippen LogP contribution in [-0.4, -0.2) is 266 Å². The fourth-order valence-corrected chi connectivity index (χ4v) is 18.5. The minimum atomic E-state index is -2.22. The maximum atomic E-state index is 13.2. The van der Waals surface area contributed by atoms with Gasteiger partial charge in [-0.25, -0.2) is 19.2 Å². The molecular formula is C112H164N8O24S2. The SMILES string of the molecule is CCCCCCCC(=O)NC(CN1CCCC1)[C@H](O)c1ccc2c(c1)OCCO2.CCCCCCCC(=O)N[C@@H](CN1CCCC1)C(=O)c1ccc2c(c1)OCCO2.CCCCCCCC(=O)N[C@@H](CN1CCCC1)C(O)c1ccc2c(c1)OCCO2.CCCCCCCC(=O)N[C@@H](CN1CCCC1)[C@@H](O)c1ccc2c(c1)OCCO2.Cc1ccc(C(=O)O[C@H](C(=O)O)[C@H](OC(=O)c2ccc(C)cc2)C(=O)O)cc1.S.S. The summed E-state index contributed by atoms with van der Waals surface area (Å²) >= 11 is 0. The minimum Gasteiger partial charge on any atom is -0.486 e. The third-order valence-corrected chi connectivity index (χ3v) is 26.8. The molecule has 14 rings (SSSR count). The largest absolute Gasteiger partial charge is 0.486 e. The van der Waals surface area contributed by atoms with E-state index in [-0.39, 0.29) is 85.7 Å². The molecule has 6 aromatic carbocycles. The summed E-state index contributed by atoms with van der Waals surface area (Å²) in [5, 5.41) is 64.3. The van der Waals surface area contributed by atoms with Crippen molar-refractivity contribution in [1.82, 2.24) is 40.9 Å². The van der Waals surface area contributed by atoms with Crippen molar-refractivity contribution in [2.75, 3.05) is 131 Å². The van der Waals surface area contributed by atoms with Crippen LogP contribution in [-0.2, 0) is 38.2 Å². The number of carboxylic acids is 2. The lowest BCUT2D eigenvalue weighted by Gasteiger charge is -2.29. The van der Waals surface area contributed by atoms with E-state index in [9.17, 15) is 68.7 Å². The molecule has 0 bridgehead atoms. The molecule has 9 N–H and O–H groups in total. The maximum absolute atomic E-state index is 13.2. The number of fused-ring (bicyclic) bond motifs is 4. The summed E-state index contributed by atoms with van der Waals surface area (Å²) in [6, 6.07) is 32.5. The van der Waals surface area contributed by atoms with Gasteiger partial charge in [0.25, 0.3) is 0 Å². The van der Waals surface area contributed by atoms with Gasteiger partial charge in [0.1, 0.15) is 77.2 Å². The van der Waals surface area contributed by atoms with Crippen LogP contribution < -0.4 is 59.2 Å². The highest BCUT2D eigenvalue weighted by atomic mass is 32.1. The Morgan fingerprint density at radius 2 is 0.541 bits per heavy atom. The first-order chi connectivity index (χ1) is 69.9. The van der Waals surface area contributed by atoms with Crippen molar-refractivity contribution < 1.29 is 116 Å². The molecule has 32 nitrogen and oxygen atoms in total. The average Bonchev–Trinajstić information content (AvgIpc) is 1.61. The Balaban J connectivity index is 0.000000222. The molecule has 0 radical (unpaired) electrons. The zero-order valence-electron chi connectivity index (χ0n) is 86.8. The molecule has 808 valence electrons. The molecule has 4 saturated heterocycles. The number of amides is 4. The van der Waals surface area contributed by atoms with Gasteiger partial charge in [0.05, 0.1) is 29.3 Å². The van der Waals surface area contributed by atoms with Gasteiger partial charge >= 0.3 is 23.9 Å². The standard InChI is InChI=1S/3C23H36N2O4.C23H34N2O4.C20H18O8.2H2S/c4*1-2-3-4-5-6-9-22(26)24-19(17-25-12-7-8-13-25)23(27)18-10-11-20-21(16-18)29-15-14-28-20;1-11-3-7-13(8-4-11)19(25)27-15(17(21)22)16(18(23)24)28-20(26)14-9-5-12(2)6-10-14;;/h3*10-11,16,19,23,27H,2-9,12-15,17H2,1H3,(H,24,26);10-11,16,19H,2-9,12-15,17H2,1H3,(H,24,26);3-10,15-16H,1-2H3,(H,21,22)(H,23,24);2*1H2/t19?,23-;19-,23?;19-,23-;19-;15-,16-;;/m10000../s1. The molecule has 2 unspecified atom stereocenters. The van der Waals surface area contributed by atoms with Crippen LogP contribution in [0.4, 0.5) is 0 Å². The van der Waals surface area contributed by atoms with Crippen LogP contribution >= 0.6 is 27.0 Å². The fraction of sp³-hybridized carbons (Fsp3) is 0.598. The van der Waals surface area contributed by atoms with Crippen molar-refractivity contribution in [3.63, 3.8) is 0 Å². The number of ether oxygens (including phenoxy) is 10. The van der Waals surface area contributed by atoms with E-state index in [0.717, 1.165) is 151 Å². The molecule has 0 saturated carbocycles. The van der Waals surface area contributed by atoms with Crippen LogP contribution in [0, 0.1) is 13.8 Å². The van der Waals surface area contributed by atoms with E-state index in [1.54, 1.807) is 56.3 Å². The van der Waals surface area contributed by atoms with Crippen molar-refractivity contribution in [3.05, 3.63) is 166 Å². The quantitative estimate of drug-likeness (QED) is 0.00973. The van der Waals surface area contributed by atoms with Crippen molar-refractivity contribution in [2.45, 2.75) is 302 Å². The summed E-state index contributed by atoms with van der Waals surface area (Å²) in [7, 11) is 0. The number of rotatable bonds is 51. The maximum Gasteiger partial charge on any atom is 0.349 e. The second kappa shape index (κ2) is 66.8. The molecule has 4 fully saturated rings. The van der Waals surface area contributed by atoms with Gasteiger partial charge in [-0.05, 0) is 239 Å². The van der Waals surface area contributed by atoms with Crippen molar-refractivity contribution in [1.29, 1.82) is 0 Å². The number of aliphatic hydroxyl groups excluding tert-OH is 3. The highest BCUT2D eigenvalue weighted by Gasteiger charge is 2.42. The summed E-state index contributed by atoms with van der Waals surface area (Å²) < 4.78 is 54.5. The van der Waals surface area contributed by atoms with Crippen LogP contribution in [0.3, 0.4) is 0 Å². The van der Waals surface area contributed by atoms with E-state index in [2.05, 4.69) is 68.6 Å². The summed E-state index contributed by atoms with van der Waals surface area (Å²) in [5.74, 6) is -0.247. The first-order valence-corrected chi connectivity index (χ1v) is 53.1. The van der Waals surface area contributed by atoms with Gasteiger partial charge in [0.2, 0.25) is 35.8 Å². The summed E-state index contributed by atoms with van der Waals surface area (Å²) in [4.78, 5) is 120. The van der Waals surface area contributed by atoms with Gasteiger partial charge in [-0.3, -0.25) is 24.0 Å². The Bertz CT molecular complexity index is 4580. The number of hydrogen-bond donors (Lipinski definition) is 9. The molecule has 0 aliphatic carbocycles. The van der Waals surface area contributed by atoms with E-state index < -0.39 is 60.4 Å². The molecular weight excluding hydrogens is 1910 g/mol. The zero-order chi connectivity index (χ0) is 103. The molecule has 8 aliphatic rings. The Hall–Kier alpha value is -10.4. The number of likely N-dealkylation sites (tertiary alicyclic amines) is 4. The lowest BCUT2D eigenvalue weighted by molar-refractivity contribution is -0.166. The predicted octanol–water partition coefficient (Wildman–Crippen LogP) is 16.3. The van der Waals surface area contributed by atoms with Crippen LogP contribution in [0.2, 0.25) is 0 Å². The fourth-order valence-electron chi connectivity index (χ4n) is 18.5. The van der Waals surface area contributed by atoms with E-state index in [0.29, 0.717) is 156 Å². The van der Waals surface area contributed by atoms with Gasteiger partial charge in [-0.2, -0.15) is 27.0 Å². The molecule has 146 heavy (non-hydrogen) atoms. The van der Waals surface area contributed by atoms with E-state index in [1.807, 2.05) is 54.6 Å². The average molecular weight is 2070 g/mol. The molecule has 9 atom stereocenters. The van der Waals surface area contributed by atoms with Crippen molar-refractivity contribution in [2.24, 2.45) is 0 Å². The molecule has 6 aromatic rings. The van der Waals surface area contributed by atoms with Crippen molar-refractivity contribution >= 4 is 80.3 Å². The number of aliphatic carboxylic acids is 2. The second-order valence-electron chi connectivity index (χ2n) is 38.7. The van der Waals surface area contributed by atoms with Crippen LogP contribution in [0.25, 0.3) is 0 Å². The summed E-state index contributed by atoms with van der Waals surface area (Å²) in [5.41, 5.74) is 4.60. The number of carbonyl (C=O) groups is 9. The number of aryl methyl sites for hydroxylation is 2. The smallest absolute Gasteiger partial charge is 0.349 e. The van der Waals surface area contributed by atoms with Gasteiger partial charge in [0, 0.05) is 57.4 Å². The predicted molar refractivity (Wildman–Crippen MR) is 570 cm³/mol. The van der Waals surface area contributed by atoms with E-state index in [4.69, 9.17) is 47.4 Å². The number of unbranched alkanes of at least 4 members (excludes halogenated alkanes) is 16. The second-order valence-corrected chi connectivity index (χ2v) is 38.7. The highest BCUT2D eigenvalue weighted by Crippen LogP contribution is 2.39. The lowest BCUT2D eigenvalue weighted by atomic mass is 10.0. The molecule has 0 aromatic heterocycles. The van der Waals surface area contributed by atoms with Crippen LogP contribution in [0.5, 0.6) is 46.0 Å². The first-order valence-electron chi connectivity index (χ1n) is 53.1. The third kappa shape index (κ3) is 41.6. The number of benzene rings is 6. The Morgan fingerprint density at radius 1 is 0.301 bits per heavy atom. The topological polar surface area (TPSA) is 408 Å². The molecule has 4 amide bonds. The third-order valence-electron chi connectivity index (χ3n) is 26.8. The summed E-state index contributed by atoms with van der Waals surface area (Å²) in [6.45, 7) is 27.2. The number of aliphatic hydroxyl groups is 3. The number of hydrogen-bond acceptors (Lipinski definition) is 26. The van der Waals surface area contributed by atoms with Crippen LogP contribution in [0.1, 0.15) is 310 Å². The number of nitrogens with one attached hydrogen (secondary N) is 4. The normalized spacial score (nSPS) is 16.8. The first kappa shape index (κ1) is 121.